The van der Waals surface area contributed by atoms with Crippen LogP contribution in [0, 0.1) is 0 Å². The lowest BCUT2D eigenvalue weighted by molar-refractivity contribution is 0.318. The fraction of sp³-hybridized carbons (Fsp3) is 0.250. The Morgan fingerprint density at radius 2 is 2.21 bits per heavy atom. The standard InChI is InChI=1S/C12H13NO/c1-2-8-14-11-5-6-12-10(9-11)4-3-7-13-12/h3-7,9H,2,8H2,1H3. The largest absolute Gasteiger partial charge is 0.494 e. The fourth-order valence-electron chi connectivity index (χ4n) is 1.36. The number of ether oxygens (including phenoxy) is 1. The lowest BCUT2D eigenvalue weighted by Gasteiger charge is -2.04. The highest BCUT2D eigenvalue weighted by Gasteiger charge is 1.96. The molecule has 2 rings (SSSR count). The van der Waals surface area contributed by atoms with E-state index in [4.69, 9.17) is 4.74 Å². The third kappa shape index (κ3) is 1.84. The summed E-state index contributed by atoms with van der Waals surface area (Å²) >= 11 is 0. The molecule has 2 nitrogen and oxygen atoms in total. The number of benzene rings is 1. The number of pyridine rings is 1. The van der Waals surface area contributed by atoms with Crippen LogP contribution in [-0.2, 0) is 0 Å². The minimum Gasteiger partial charge on any atom is -0.494 e. The van der Waals surface area contributed by atoms with E-state index in [1.807, 2.05) is 30.3 Å². The van der Waals surface area contributed by atoms with E-state index in [1.165, 1.54) is 0 Å². The molecule has 1 heterocycles. The van der Waals surface area contributed by atoms with E-state index in [-0.39, 0.29) is 0 Å². The maximum absolute atomic E-state index is 5.54. The molecule has 0 aliphatic carbocycles. The van der Waals surface area contributed by atoms with Crippen LogP contribution >= 0.6 is 0 Å². The van der Waals surface area contributed by atoms with Crippen molar-refractivity contribution in [1.29, 1.82) is 0 Å². The van der Waals surface area contributed by atoms with Gasteiger partial charge in [0.25, 0.3) is 0 Å². The van der Waals surface area contributed by atoms with Gasteiger partial charge in [0, 0.05) is 11.6 Å². The van der Waals surface area contributed by atoms with Gasteiger partial charge in [0.15, 0.2) is 0 Å². The van der Waals surface area contributed by atoms with Crippen LogP contribution in [0.25, 0.3) is 10.9 Å². The number of rotatable bonds is 3. The van der Waals surface area contributed by atoms with Crippen molar-refractivity contribution in [2.75, 3.05) is 6.61 Å². The van der Waals surface area contributed by atoms with Gasteiger partial charge in [0.2, 0.25) is 0 Å². The Balaban J connectivity index is 2.32. The monoisotopic (exact) mass is 187 g/mol. The Hall–Kier alpha value is -1.57. The molecular weight excluding hydrogens is 174 g/mol. The Morgan fingerprint density at radius 3 is 3.07 bits per heavy atom. The fourth-order valence-corrected chi connectivity index (χ4v) is 1.36. The van der Waals surface area contributed by atoms with Gasteiger partial charge < -0.3 is 4.74 Å². The van der Waals surface area contributed by atoms with Crippen LogP contribution in [0.15, 0.2) is 36.5 Å². The van der Waals surface area contributed by atoms with Crippen LogP contribution in [-0.4, -0.2) is 11.6 Å². The van der Waals surface area contributed by atoms with Gasteiger partial charge in [-0.2, -0.15) is 0 Å². The Kier molecular flexibility index (Phi) is 2.63. The van der Waals surface area contributed by atoms with Crippen LogP contribution in [0.5, 0.6) is 5.75 Å². The van der Waals surface area contributed by atoms with Crippen LogP contribution in [0.2, 0.25) is 0 Å². The van der Waals surface area contributed by atoms with Crippen molar-refractivity contribution < 1.29 is 4.74 Å². The summed E-state index contributed by atoms with van der Waals surface area (Å²) in [6.07, 6.45) is 2.83. The summed E-state index contributed by atoms with van der Waals surface area (Å²) < 4.78 is 5.54. The van der Waals surface area contributed by atoms with Crippen molar-refractivity contribution in [3.05, 3.63) is 36.5 Å². The first-order chi connectivity index (χ1) is 6.90. The molecule has 0 N–H and O–H groups in total. The molecule has 0 aliphatic heterocycles. The first kappa shape index (κ1) is 9.00. The molecule has 0 unspecified atom stereocenters. The van der Waals surface area contributed by atoms with Gasteiger partial charge in [-0.3, -0.25) is 4.98 Å². The van der Waals surface area contributed by atoms with Crippen molar-refractivity contribution in [2.45, 2.75) is 13.3 Å². The van der Waals surface area contributed by atoms with Gasteiger partial charge in [0.1, 0.15) is 5.75 Å². The Labute approximate surface area is 83.5 Å². The lowest BCUT2D eigenvalue weighted by Crippen LogP contribution is -1.94. The molecular formula is C12H13NO. The third-order valence-corrected chi connectivity index (χ3v) is 2.05. The smallest absolute Gasteiger partial charge is 0.120 e. The maximum atomic E-state index is 5.54. The second-order valence-electron chi connectivity index (χ2n) is 3.21. The molecule has 0 bridgehead atoms. The van der Waals surface area contributed by atoms with Gasteiger partial charge in [0.05, 0.1) is 12.1 Å². The van der Waals surface area contributed by atoms with Gasteiger partial charge in [-0.1, -0.05) is 13.0 Å². The summed E-state index contributed by atoms with van der Waals surface area (Å²) in [5.41, 5.74) is 1.01. The number of aromatic nitrogens is 1. The van der Waals surface area contributed by atoms with E-state index < -0.39 is 0 Å². The molecule has 1 aromatic heterocycles. The van der Waals surface area contributed by atoms with Crippen LogP contribution in [0.3, 0.4) is 0 Å². The van der Waals surface area contributed by atoms with E-state index >= 15 is 0 Å². The van der Waals surface area contributed by atoms with Crippen molar-refractivity contribution in [3.8, 4) is 5.75 Å². The first-order valence-corrected chi connectivity index (χ1v) is 4.88. The van der Waals surface area contributed by atoms with E-state index in [1.54, 1.807) is 6.20 Å². The Morgan fingerprint density at radius 1 is 1.29 bits per heavy atom. The second kappa shape index (κ2) is 4.09. The number of hydrogen-bond donors (Lipinski definition) is 0. The van der Waals surface area contributed by atoms with Gasteiger partial charge in [-0.05, 0) is 30.7 Å². The van der Waals surface area contributed by atoms with E-state index in [2.05, 4.69) is 11.9 Å². The molecule has 14 heavy (non-hydrogen) atoms. The molecule has 0 spiro atoms. The van der Waals surface area contributed by atoms with E-state index in [9.17, 15) is 0 Å². The van der Waals surface area contributed by atoms with Crippen molar-refractivity contribution >= 4 is 10.9 Å². The Bertz CT molecular complexity index is 425. The quantitative estimate of drug-likeness (QED) is 0.736. The summed E-state index contributed by atoms with van der Waals surface area (Å²) in [5, 5.41) is 1.13. The van der Waals surface area contributed by atoms with E-state index in [0.29, 0.717) is 0 Å². The van der Waals surface area contributed by atoms with Crippen LogP contribution in [0.4, 0.5) is 0 Å². The molecule has 0 amide bonds. The molecule has 0 aliphatic rings. The molecule has 2 aromatic rings. The first-order valence-electron chi connectivity index (χ1n) is 4.88. The zero-order valence-electron chi connectivity index (χ0n) is 8.23. The van der Waals surface area contributed by atoms with Gasteiger partial charge >= 0.3 is 0 Å². The summed E-state index contributed by atoms with van der Waals surface area (Å²) in [5.74, 6) is 0.923. The molecule has 0 atom stereocenters. The molecule has 72 valence electrons. The average Bonchev–Trinajstić information content (AvgIpc) is 2.26. The second-order valence-corrected chi connectivity index (χ2v) is 3.21. The predicted molar refractivity (Wildman–Crippen MR) is 57.5 cm³/mol. The van der Waals surface area contributed by atoms with Gasteiger partial charge in [-0.15, -0.1) is 0 Å². The zero-order valence-corrected chi connectivity index (χ0v) is 8.23. The predicted octanol–water partition coefficient (Wildman–Crippen LogP) is 3.02. The van der Waals surface area contributed by atoms with Crippen molar-refractivity contribution in [3.63, 3.8) is 0 Å². The number of nitrogens with zero attached hydrogens (tertiary/aromatic N) is 1. The van der Waals surface area contributed by atoms with Crippen LogP contribution in [0.1, 0.15) is 13.3 Å². The molecule has 0 radical (unpaired) electrons. The number of hydrogen-bond acceptors (Lipinski definition) is 2. The average molecular weight is 187 g/mol. The number of fused-ring (bicyclic) bond motifs is 1. The zero-order chi connectivity index (χ0) is 9.80. The minimum atomic E-state index is 0.770. The summed E-state index contributed by atoms with van der Waals surface area (Å²) in [6, 6.07) is 9.95. The highest BCUT2D eigenvalue weighted by Crippen LogP contribution is 2.18. The highest BCUT2D eigenvalue weighted by atomic mass is 16.5. The SMILES string of the molecule is CCCOc1ccc2ncccc2c1. The lowest BCUT2D eigenvalue weighted by atomic mass is 10.2. The van der Waals surface area contributed by atoms with Crippen molar-refractivity contribution in [1.82, 2.24) is 4.98 Å². The molecule has 0 saturated heterocycles. The maximum Gasteiger partial charge on any atom is 0.120 e. The topological polar surface area (TPSA) is 22.1 Å². The summed E-state index contributed by atoms with van der Waals surface area (Å²) in [4.78, 5) is 4.25. The molecule has 2 heteroatoms. The van der Waals surface area contributed by atoms with Crippen molar-refractivity contribution in [2.24, 2.45) is 0 Å². The molecule has 1 aromatic carbocycles. The molecule has 0 fully saturated rings. The molecule has 0 saturated carbocycles. The third-order valence-electron chi connectivity index (χ3n) is 2.05. The van der Waals surface area contributed by atoms with Crippen LogP contribution < -0.4 is 4.74 Å². The minimum absolute atomic E-state index is 0.770. The van der Waals surface area contributed by atoms with Gasteiger partial charge in [-0.25, -0.2) is 0 Å². The normalized spacial score (nSPS) is 10.4. The van der Waals surface area contributed by atoms with E-state index in [0.717, 1.165) is 29.7 Å². The summed E-state index contributed by atoms with van der Waals surface area (Å²) in [7, 11) is 0. The summed E-state index contributed by atoms with van der Waals surface area (Å²) in [6.45, 7) is 2.87. The highest BCUT2D eigenvalue weighted by molar-refractivity contribution is 5.79.